The first kappa shape index (κ1) is 13.6. The maximum atomic E-state index is 6.50. The number of hydrogen-bond acceptors (Lipinski definition) is 1. The Labute approximate surface area is 116 Å². The normalized spacial score (nSPS) is 13.0. The van der Waals surface area contributed by atoms with E-state index in [2.05, 4.69) is 74.6 Å². The van der Waals surface area contributed by atoms with Crippen molar-refractivity contribution in [2.24, 2.45) is 5.73 Å². The van der Waals surface area contributed by atoms with Crippen LogP contribution in [0.3, 0.4) is 0 Å². The molecule has 0 aliphatic carbocycles. The third kappa shape index (κ3) is 2.79. The van der Waals surface area contributed by atoms with Crippen molar-refractivity contribution in [1.82, 2.24) is 0 Å². The maximum Gasteiger partial charge on any atom is 0.132 e. The number of hydrogen-bond donors (Lipinski definition) is 1. The SMILES string of the molecule is CC(=C(N)[Si](C)(C)c1ccccc1)c1ccccc1. The predicted octanol–water partition coefficient (Wildman–Crippen LogP) is 3.53. The van der Waals surface area contributed by atoms with Gasteiger partial charge < -0.3 is 5.73 Å². The number of allylic oxidation sites excluding steroid dienone is 1. The summed E-state index contributed by atoms with van der Waals surface area (Å²) in [7, 11) is -1.77. The molecule has 1 nitrogen and oxygen atoms in total. The van der Waals surface area contributed by atoms with Crippen LogP contribution in [0.5, 0.6) is 0 Å². The van der Waals surface area contributed by atoms with Crippen molar-refractivity contribution in [2.45, 2.75) is 20.0 Å². The van der Waals surface area contributed by atoms with Gasteiger partial charge in [-0.05, 0) is 18.1 Å². The summed E-state index contributed by atoms with van der Waals surface area (Å²) in [5, 5.41) is 2.44. The van der Waals surface area contributed by atoms with Crippen molar-refractivity contribution in [3.63, 3.8) is 0 Å². The third-order valence-corrected chi connectivity index (χ3v) is 7.28. The van der Waals surface area contributed by atoms with Gasteiger partial charge in [-0.1, -0.05) is 78.9 Å². The second-order valence-electron chi connectivity index (χ2n) is 5.40. The first-order valence-corrected chi connectivity index (χ1v) is 9.61. The summed E-state index contributed by atoms with van der Waals surface area (Å²) in [5.74, 6) is 0. The highest BCUT2D eigenvalue weighted by Crippen LogP contribution is 2.21. The molecule has 0 amide bonds. The summed E-state index contributed by atoms with van der Waals surface area (Å²) in [6, 6.07) is 21.0. The summed E-state index contributed by atoms with van der Waals surface area (Å²) in [6.45, 7) is 6.75. The van der Waals surface area contributed by atoms with E-state index in [1.807, 2.05) is 6.07 Å². The van der Waals surface area contributed by atoms with E-state index in [9.17, 15) is 0 Å². The molecule has 0 fully saturated rings. The molecular weight excluding hydrogens is 246 g/mol. The number of nitrogens with two attached hydrogens (primary N) is 1. The van der Waals surface area contributed by atoms with Gasteiger partial charge in [0.2, 0.25) is 0 Å². The van der Waals surface area contributed by atoms with E-state index >= 15 is 0 Å². The van der Waals surface area contributed by atoms with Gasteiger partial charge in [0, 0.05) is 5.32 Å². The van der Waals surface area contributed by atoms with Crippen LogP contribution >= 0.6 is 0 Å². The van der Waals surface area contributed by atoms with Gasteiger partial charge in [-0.2, -0.15) is 0 Å². The molecule has 0 atom stereocenters. The lowest BCUT2D eigenvalue weighted by Gasteiger charge is -2.26. The molecule has 98 valence electrons. The van der Waals surface area contributed by atoms with Crippen molar-refractivity contribution in [2.75, 3.05) is 0 Å². The Morgan fingerprint density at radius 3 is 1.84 bits per heavy atom. The van der Waals surface area contributed by atoms with Crippen LogP contribution in [0.4, 0.5) is 0 Å². The molecule has 0 aliphatic heterocycles. The van der Waals surface area contributed by atoms with Crippen LogP contribution < -0.4 is 10.9 Å². The molecule has 0 spiro atoms. The minimum atomic E-state index is -1.77. The van der Waals surface area contributed by atoms with Crippen LogP contribution in [0.25, 0.3) is 5.57 Å². The molecule has 0 saturated heterocycles. The van der Waals surface area contributed by atoms with Gasteiger partial charge in [-0.15, -0.1) is 0 Å². The molecule has 2 aromatic rings. The van der Waals surface area contributed by atoms with Gasteiger partial charge in [0.1, 0.15) is 8.07 Å². The van der Waals surface area contributed by atoms with E-state index in [1.165, 1.54) is 16.3 Å². The summed E-state index contributed by atoms with van der Waals surface area (Å²) in [5.41, 5.74) is 8.93. The number of benzene rings is 2. The van der Waals surface area contributed by atoms with Crippen LogP contribution in [-0.2, 0) is 0 Å². The highest BCUT2D eigenvalue weighted by Gasteiger charge is 2.28. The molecule has 0 unspecified atom stereocenters. The lowest BCUT2D eigenvalue weighted by atomic mass is 10.1. The van der Waals surface area contributed by atoms with Crippen molar-refractivity contribution in [3.8, 4) is 0 Å². The van der Waals surface area contributed by atoms with E-state index in [0.717, 1.165) is 5.32 Å². The molecule has 2 N–H and O–H groups in total. The molecule has 2 rings (SSSR count). The van der Waals surface area contributed by atoms with E-state index in [0.29, 0.717) is 0 Å². The van der Waals surface area contributed by atoms with Gasteiger partial charge in [-0.25, -0.2) is 0 Å². The molecule has 0 aliphatic rings. The average Bonchev–Trinajstić information content (AvgIpc) is 2.47. The van der Waals surface area contributed by atoms with Gasteiger partial charge in [0.05, 0.1) is 0 Å². The fraction of sp³-hybridized carbons (Fsp3) is 0.176. The zero-order valence-corrected chi connectivity index (χ0v) is 12.9. The predicted molar refractivity (Wildman–Crippen MR) is 86.8 cm³/mol. The fourth-order valence-electron chi connectivity index (χ4n) is 2.32. The Balaban J connectivity index is 2.46. The van der Waals surface area contributed by atoms with E-state index < -0.39 is 8.07 Å². The first-order chi connectivity index (χ1) is 9.03. The molecule has 0 aromatic heterocycles. The first-order valence-electron chi connectivity index (χ1n) is 6.61. The van der Waals surface area contributed by atoms with Crippen LogP contribution in [0.2, 0.25) is 13.1 Å². The third-order valence-electron chi connectivity index (χ3n) is 3.78. The minimum absolute atomic E-state index is 1.06. The Hall–Kier alpha value is -1.80. The van der Waals surface area contributed by atoms with Crippen LogP contribution in [0.15, 0.2) is 66.0 Å². The molecule has 19 heavy (non-hydrogen) atoms. The molecule has 0 saturated carbocycles. The summed E-state index contributed by atoms with van der Waals surface area (Å²) in [6.07, 6.45) is 0. The Bertz CT molecular complexity index is 571. The highest BCUT2D eigenvalue weighted by molar-refractivity contribution is 6.96. The Kier molecular flexibility index (Phi) is 3.91. The van der Waals surface area contributed by atoms with Crippen molar-refractivity contribution >= 4 is 18.8 Å². The summed E-state index contributed by atoms with van der Waals surface area (Å²) < 4.78 is 0. The Morgan fingerprint density at radius 1 is 0.842 bits per heavy atom. The molecule has 0 heterocycles. The van der Waals surface area contributed by atoms with Crippen LogP contribution in [-0.4, -0.2) is 8.07 Å². The van der Waals surface area contributed by atoms with Crippen LogP contribution in [0.1, 0.15) is 12.5 Å². The molecular formula is C17H21NSi. The van der Waals surface area contributed by atoms with Gasteiger partial charge in [0.25, 0.3) is 0 Å². The van der Waals surface area contributed by atoms with Crippen molar-refractivity contribution in [1.29, 1.82) is 0 Å². The van der Waals surface area contributed by atoms with Gasteiger partial charge in [0.15, 0.2) is 0 Å². The molecule has 2 heteroatoms. The average molecular weight is 267 g/mol. The lowest BCUT2D eigenvalue weighted by Crippen LogP contribution is -2.47. The number of rotatable bonds is 3. The second-order valence-corrected chi connectivity index (χ2v) is 9.76. The molecule has 2 aromatic carbocycles. The minimum Gasteiger partial charge on any atom is -0.405 e. The van der Waals surface area contributed by atoms with Gasteiger partial charge >= 0.3 is 0 Å². The molecule has 0 radical (unpaired) electrons. The standard InChI is InChI=1S/C17H21NSi/c1-14(15-10-6-4-7-11-15)17(18)19(2,3)16-12-8-5-9-13-16/h4-13H,18H2,1-3H3. The largest absolute Gasteiger partial charge is 0.405 e. The monoisotopic (exact) mass is 267 g/mol. The summed E-state index contributed by atoms with van der Waals surface area (Å²) in [4.78, 5) is 0. The van der Waals surface area contributed by atoms with E-state index in [1.54, 1.807) is 0 Å². The topological polar surface area (TPSA) is 26.0 Å². The quantitative estimate of drug-likeness (QED) is 0.846. The van der Waals surface area contributed by atoms with E-state index in [4.69, 9.17) is 5.73 Å². The van der Waals surface area contributed by atoms with Gasteiger partial charge in [-0.3, -0.25) is 0 Å². The van der Waals surface area contributed by atoms with E-state index in [-0.39, 0.29) is 0 Å². The smallest absolute Gasteiger partial charge is 0.132 e. The zero-order chi connectivity index (χ0) is 13.9. The zero-order valence-electron chi connectivity index (χ0n) is 11.9. The second kappa shape index (κ2) is 5.45. The van der Waals surface area contributed by atoms with Crippen LogP contribution in [0, 0.1) is 0 Å². The lowest BCUT2D eigenvalue weighted by molar-refractivity contribution is 1.42. The molecule has 0 bridgehead atoms. The Morgan fingerprint density at radius 2 is 1.32 bits per heavy atom. The van der Waals surface area contributed by atoms with Crippen molar-refractivity contribution in [3.05, 3.63) is 71.5 Å². The fourth-order valence-corrected chi connectivity index (χ4v) is 4.74. The van der Waals surface area contributed by atoms with Crippen molar-refractivity contribution < 1.29 is 0 Å². The summed E-state index contributed by atoms with van der Waals surface area (Å²) >= 11 is 0. The highest BCUT2D eigenvalue weighted by atomic mass is 28.3. The maximum absolute atomic E-state index is 6.50.